The zero-order chi connectivity index (χ0) is 15.5. The molecule has 1 aromatic carbocycles. The molecular formula is C16H27N3O2. The number of ether oxygens (including phenoxy) is 1. The lowest BCUT2D eigenvalue weighted by molar-refractivity contribution is -0.125. The average Bonchev–Trinajstić information content (AvgIpc) is 2.52. The molecule has 0 heterocycles. The lowest BCUT2D eigenvalue weighted by Crippen LogP contribution is -2.48. The summed E-state index contributed by atoms with van der Waals surface area (Å²) in [5, 5.41) is 2.84. The van der Waals surface area contributed by atoms with Crippen LogP contribution in [0.3, 0.4) is 0 Å². The Morgan fingerprint density at radius 2 is 1.95 bits per heavy atom. The smallest absolute Gasteiger partial charge is 0.239 e. The zero-order valence-corrected chi connectivity index (χ0v) is 12.8. The van der Waals surface area contributed by atoms with Gasteiger partial charge in [0.15, 0.2) is 0 Å². The minimum atomic E-state index is -0.650. The van der Waals surface area contributed by atoms with Gasteiger partial charge in [0.2, 0.25) is 5.91 Å². The number of rotatable bonds is 10. The number of unbranched alkanes of at least 4 members (excludes halogenated alkanes) is 2. The summed E-state index contributed by atoms with van der Waals surface area (Å²) in [6.45, 7) is 3.61. The second-order valence-corrected chi connectivity index (χ2v) is 5.17. The standard InChI is InChI=1S/C16H27N3O2/c1-13(21-12-14-8-4-2-5-9-14)15(18)16(20)19-11-7-3-6-10-17/h2,4-5,8-9,13,15H,3,6-7,10-12,17-18H2,1H3,(H,19,20)/t13-,15-/m0/s1. The van der Waals surface area contributed by atoms with Crippen molar-refractivity contribution >= 4 is 5.91 Å². The summed E-state index contributed by atoms with van der Waals surface area (Å²) in [7, 11) is 0. The molecule has 21 heavy (non-hydrogen) atoms. The zero-order valence-electron chi connectivity index (χ0n) is 12.8. The summed E-state index contributed by atoms with van der Waals surface area (Å²) in [5.74, 6) is -0.164. The number of nitrogens with two attached hydrogens (primary N) is 2. The lowest BCUT2D eigenvalue weighted by atomic mass is 10.1. The monoisotopic (exact) mass is 293 g/mol. The molecule has 0 bridgehead atoms. The van der Waals surface area contributed by atoms with Crippen molar-refractivity contribution < 1.29 is 9.53 Å². The third-order valence-corrected chi connectivity index (χ3v) is 3.34. The van der Waals surface area contributed by atoms with Gasteiger partial charge in [-0.15, -0.1) is 0 Å². The van der Waals surface area contributed by atoms with E-state index in [9.17, 15) is 4.79 Å². The topological polar surface area (TPSA) is 90.4 Å². The second-order valence-electron chi connectivity index (χ2n) is 5.17. The van der Waals surface area contributed by atoms with E-state index in [1.165, 1.54) is 0 Å². The largest absolute Gasteiger partial charge is 0.372 e. The van der Waals surface area contributed by atoms with Gasteiger partial charge < -0.3 is 21.5 Å². The van der Waals surface area contributed by atoms with E-state index in [1.54, 1.807) is 0 Å². The molecule has 0 aliphatic rings. The van der Waals surface area contributed by atoms with Gasteiger partial charge in [-0.1, -0.05) is 36.8 Å². The van der Waals surface area contributed by atoms with E-state index in [1.807, 2.05) is 37.3 Å². The van der Waals surface area contributed by atoms with Crippen molar-refractivity contribution in [2.75, 3.05) is 13.1 Å². The molecule has 2 atom stereocenters. The molecule has 0 unspecified atom stereocenters. The number of amides is 1. The Hall–Kier alpha value is -1.43. The molecule has 118 valence electrons. The first-order chi connectivity index (χ1) is 10.1. The molecule has 1 aromatic rings. The molecule has 0 aliphatic carbocycles. The average molecular weight is 293 g/mol. The van der Waals surface area contributed by atoms with Gasteiger partial charge in [0, 0.05) is 6.54 Å². The van der Waals surface area contributed by atoms with E-state index in [0.717, 1.165) is 24.8 Å². The Balaban J connectivity index is 2.22. The quantitative estimate of drug-likeness (QED) is 0.565. The minimum Gasteiger partial charge on any atom is -0.372 e. The van der Waals surface area contributed by atoms with E-state index in [4.69, 9.17) is 16.2 Å². The van der Waals surface area contributed by atoms with Crippen LogP contribution in [0.15, 0.2) is 30.3 Å². The first-order valence-electron chi connectivity index (χ1n) is 7.54. The molecule has 0 fully saturated rings. The number of hydrogen-bond donors (Lipinski definition) is 3. The van der Waals surface area contributed by atoms with Crippen LogP contribution in [0.25, 0.3) is 0 Å². The van der Waals surface area contributed by atoms with Crippen molar-refractivity contribution in [3.05, 3.63) is 35.9 Å². The third-order valence-electron chi connectivity index (χ3n) is 3.34. The first kappa shape index (κ1) is 17.6. The SMILES string of the molecule is C[C@H](OCc1ccccc1)[C@H](N)C(=O)NCCCCCN. The van der Waals surface area contributed by atoms with Gasteiger partial charge in [-0.25, -0.2) is 0 Å². The lowest BCUT2D eigenvalue weighted by Gasteiger charge is -2.20. The molecule has 0 saturated carbocycles. The molecule has 5 heteroatoms. The molecule has 0 aliphatic heterocycles. The number of benzene rings is 1. The summed E-state index contributed by atoms with van der Waals surface area (Å²) in [6, 6.07) is 9.18. The van der Waals surface area contributed by atoms with Gasteiger partial charge in [-0.05, 0) is 31.9 Å². The van der Waals surface area contributed by atoms with Crippen molar-refractivity contribution in [3.63, 3.8) is 0 Å². The third kappa shape index (κ3) is 7.22. The van der Waals surface area contributed by atoms with E-state index >= 15 is 0 Å². The van der Waals surface area contributed by atoms with Crippen LogP contribution in [0.1, 0.15) is 31.7 Å². The van der Waals surface area contributed by atoms with Gasteiger partial charge >= 0.3 is 0 Å². The Kier molecular flexibility index (Phi) is 8.66. The molecule has 1 rings (SSSR count). The van der Waals surface area contributed by atoms with Crippen molar-refractivity contribution in [2.24, 2.45) is 11.5 Å². The van der Waals surface area contributed by atoms with Crippen LogP contribution < -0.4 is 16.8 Å². The van der Waals surface area contributed by atoms with E-state index < -0.39 is 6.04 Å². The predicted molar refractivity (Wildman–Crippen MR) is 84.6 cm³/mol. The molecule has 1 amide bonds. The molecule has 0 aromatic heterocycles. The summed E-state index contributed by atoms with van der Waals surface area (Å²) in [5.41, 5.74) is 12.4. The van der Waals surface area contributed by atoms with Crippen molar-refractivity contribution in [1.82, 2.24) is 5.32 Å². The van der Waals surface area contributed by atoms with Gasteiger partial charge in [-0.2, -0.15) is 0 Å². The van der Waals surface area contributed by atoms with Crippen LogP contribution in [0.2, 0.25) is 0 Å². The van der Waals surface area contributed by atoms with Crippen LogP contribution >= 0.6 is 0 Å². The highest BCUT2D eigenvalue weighted by molar-refractivity contribution is 5.82. The fourth-order valence-corrected chi connectivity index (χ4v) is 1.89. The maximum Gasteiger partial charge on any atom is 0.239 e. The Bertz CT molecular complexity index is 398. The highest BCUT2D eigenvalue weighted by Crippen LogP contribution is 2.05. The van der Waals surface area contributed by atoms with E-state index in [2.05, 4.69) is 5.32 Å². The van der Waals surface area contributed by atoms with Crippen molar-refractivity contribution in [2.45, 2.75) is 44.9 Å². The van der Waals surface area contributed by atoms with Crippen LogP contribution in [-0.4, -0.2) is 31.1 Å². The minimum absolute atomic E-state index is 0.164. The molecule has 5 N–H and O–H groups in total. The molecule has 5 nitrogen and oxygen atoms in total. The number of nitrogens with one attached hydrogen (secondary N) is 1. The number of carbonyl (C=O) groups is 1. The molecular weight excluding hydrogens is 266 g/mol. The number of hydrogen-bond acceptors (Lipinski definition) is 4. The van der Waals surface area contributed by atoms with E-state index in [-0.39, 0.29) is 12.0 Å². The molecule has 0 saturated heterocycles. The maximum absolute atomic E-state index is 11.9. The summed E-state index contributed by atoms with van der Waals surface area (Å²) < 4.78 is 5.65. The maximum atomic E-state index is 11.9. The van der Waals surface area contributed by atoms with Crippen molar-refractivity contribution in [3.8, 4) is 0 Å². The van der Waals surface area contributed by atoms with Gasteiger partial charge in [-0.3, -0.25) is 4.79 Å². The molecule has 0 radical (unpaired) electrons. The van der Waals surface area contributed by atoms with Crippen LogP contribution in [0.4, 0.5) is 0 Å². The fourth-order valence-electron chi connectivity index (χ4n) is 1.89. The Morgan fingerprint density at radius 3 is 2.62 bits per heavy atom. The normalized spacial score (nSPS) is 13.7. The second kappa shape index (κ2) is 10.3. The first-order valence-corrected chi connectivity index (χ1v) is 7.54. The Labute approximate surface area is 127 Å². The predicted octanol–water partition coefficient (Wildman–Crippen LogP) is 1.16. The summed E-state index contributed by atoms with van der Waals surface area (Å²) in [6.07, 6.45) is 2.61. The summed E-state index contributed by atoms with van der Waals surface area (Å²) >= 11 is 0. The fraction of sp³-hybridized carbons (Fsp3) is 0.562. The highest BCUT2D eigenvalue weighted by Gasteiger charge is 2.20. The molecule has 0 spiro atoms. The van der Waals surface area contributed by atoms with Crippen LogP contribution in [0, 0.1) is 0 Å². The van der Waals surface area contributed by atoms with Crippen LogP contribution in [-0.2, 0) is 16.1 Å². The number of carbonyl (C=O) groups excluding carboxylic acids is 1. The summed E-state index contributed by atoms with van der Waals surface area (Å²) in [4.78, 5) is 11.9. The van der Waals surface area contributed by atoms with Crippen molar-refractivity contribution in [1.29, 1.82) is 0 Å². The van der Waals surface area contributed by atoms with Gasteiger partial charge in [0.05, 0.1) is 12.7 Å². The Morgan fingerprint density at radius 1 is 1.24 bits per heavy atom. The highest BCUT2D eigenvalue weighted by atomic mass is 16.5. The van der Waals surface area contributed by atoms with Gasteiger partial charge in [0.1, 0.15) is 6.04 Å². The van der Waals surface area contributed by atoms with E-state index in [0.29, 0.717) is 19.7 Å². The van der Waals surface area contributed by atoms with Crippen LogP contribution in [0.5, 0.6) is 0 Å². The van der Waals surface area contributed by atoms with Gasteiger partial charge in [0.25, 0.3) is 0 Å².